The predicted molar refractivity (Wildman–Crippen MR) is 75.6 cm³/mol. The maximum absolute atomic E-state index is 12.4. The van der Waals surface area contributed by atoms with Crippen molar-refractivity contribution in [3.63, 3.8) is 0 Å². The van der Waals surface area contributed by atoms with Crippen molar-refractivity contribution in [1.29, 1.82) is 0 Å². The Balaban J connectivity index is 2.18. The van der Waals surface area contributed by atoms with Gasteiger partial charge in [-0.1, -0.05) is 17.7 Å². The van der Waals surface area contributed by atoms with E-state index >= 15 is 0 Å². The summed E-state index contributed by atoms with van der Waals surface area (Å²) in [6, 6.07) is 6.91. The fourth-order valence-corrected chi connectivity index (χ4v) is 2.02. The summed E-state index contributed by atoms with van der Waals surface area (Å²) in [5.41, 5.74) is 0.377. The Bertz CT molecular complexity index is 625. The number of methoxy groups -OCH3 is 1. The number of hydrogen-bond donors (Lipinski definition) is 0. The summed E-state index contributed by atoms with van der Waals surface area (Å²) in [4.78, 5) is 12.4. The molecular formula is C14H15ClN2O3. The summed E-state index contributed by atoms with van der Waals surface area (Å²) in [6.45, 7) is 1.68. The molecule has 0 radical (unpaired) electrons. The molecule has 6 heteroatoms. The average molecular weight is 295 g/mol. The zero-order valence-electron chi connectivity index (χ0n) is 11.5. The number of ether oxygens (including phenoxy) is 2. The standard InChI is InChI=1S/C14H15ClN2O3/c1-9(20-11-6-4-5-10(15)7-11)14(18)13-12(19-3)8-16-17(13)2/h4-9H,1-3H3. The second-order valence-corrected chi connectivity index (χ2v) is 4.70. The number of Topliss-reactive ketones (excluding diaryl/α,β-unsaturated/α-hetero) is 1. The van der Waals surface area contributed by atoms with Crippen LogP contribution in [0.5, 0.6) is 11.5 Å². The van der Waals surface area contributed by atoms with Gasteiger partial charge >= 0.3 is 0 Å². The SMILES string of the molecule is COc1cnn(C)c1C(=O)C(C)Oc1cccc(Cl)c1. The fourth-order valence-electron chi connectivity index (χ4n) is 1.84. The van der Waals surface area contributed by atoms with E-state index in [0.29, 0.717) is 22.2 Å². The largest absolute Gasteiger partial charge is 0.493 e. The monoisotopic (exact) mass is 294 g/mol. The quantitative estimate of drug-likeness (QED) is 0.796. The molecule has 0 N–H and O–H groups in total. The van der Waals surface area contributed by atoms with Gasteiger partial charge in [-0.2, -0.15) is 5.10 Å². The summed E-state index contributed by atoms with van der Waals surface area (Å²) in [7, 11) is 3.18. The van der Waals surface area contributed by atoms with Crippen molar-refractivity contribution in [3.8, 4) is 11.5 Å². The minimum absolute atomic E-state index is 0.207. The molecular weight excluding hydrogens is 280 g/mol. The molecule has 0 bridgehead atoms. The molecule has 1 aromatic heterocycles. The van der Waals surface area contributed by atoms with Gasteiger partial charge in [-0.05, 0) is 25.1 Å². The molecule has 0 aliphatic rings. The topological polar surface area (TPSA) is 53.4 Å². The van der Waals surface area contributed by atoms with Gasteiger partial charge in [0.05, 0.1) is 13.3 Å². The van der Waals surface area contributed by atoms with Crippen LogP contribution in [-0.2, 0) is 7.05 Å². The van der Waals surface area contributed by atoms with Crippen LogP contribution in [0.2, 0.25) is 5.02 Å². The van der Waals surface area contributed by atoms with E-state index in [0.717, 1.165) is 0 Å². The second-order valence-electron chi connectivity index (χ2n) is 4.27. The Morgan fingerprint density at radius 2 is 2.20 bits per heavy atom. The lowest BCUT2D eigenvalue weighted by molar-refractivity contribution is 0.0804. The average Bonchev–Trinajstić information content (AvgIpc) is 2.79. The molecule has 0 spiro atoms. The van der Waals surface area contributed by atoms with Gasteiger partial charge in [0, 0.05) is 12.1 Å². The summed E-state index contributed by atoms with van der Waals surface area (Å²) < 4.78 is 12.2. The van der Waals surface area contributed by atoms with Gasteiger partial charge in [0.1, 0.15) is 11.4 Å². The number of benzene rings is 1. The van der Waals surface area contributed by atoms with E-state index in [-0.39, 0.29) is 5.78 Å². The third kappa shape index (κ3) is 2.93. The van der Waals surface area contributed by atoms with Gasteiger partial charge in [0.15, 0.2) is 11.9 Å². The number of nitrogens with zero attached hydrogens (tertiary/aromatic N) is 2. The van der Waals surface area contributed by atoms with Gasteiger partial charge in [-0.15, -0.1) is 0 Å². The van der Waals surface area contributed by atoms with Gasteiger partial charge < -0.3 is 9.47 Å². The molecule has 0 amide bonds. The molecule has 1 heterocycles. The number of carbonyl (C=O) groups excluding carboxylic acids is 1. The molecule has 1 aromatic carbocycles. The van der Waals surface area contributed by atoms with Gasteiger partial charge in [-0.25, -0.2) is 0 Å². The van der Waals surface area contributed by atoms with Crippen molar-refractivity contribution >= 4 is 17.4 Å². The van der Waals surface area contributed by atoms with Crippen LogP contribution in [-0.4, -0.2) is 28.8 Å². The van der Waals surface area contributed by atoms with Crippen LogP contribution in [0.15, 0.2) is 30.5 Å². The van der Waals surface area contributed by atoms with E-state index in [9.17, 15) is 4.79 Å². The fraction of sp³-hybridized carbons (Fsp3) is 0.286. The Labute approximate surface area is 122 Å². The van der Waals surface area contributed by atoms with Crippen LogP contribution >= 0.6 is 11.6 Å². The smallest absolute Gasteiger partial charge is 0.224 e. The van der Waals surface area contributed by atoms with E-state index < -0.39 is 6.10 Å². The molecule has 0 aliphatic heterocycles. The van der Waals surface area contributed by atoms with E-state index in [1.807, 2.05) is 0 Å². The summed E-state index contributed by atoms with van der Waals surface area (Å²) >= 11 is 5.88. The first-order valence-corrected chi connectivity index (χ1v) is 6.43. The molecule has 0 saturated heterocycles. The van der Waals surface area contributed by atoms with Crippen LogP contribution in [0, 0.1) is 0 Å². The lowest BCUT2D eigenvalue weighted by Gasteiger charge is -2.14. The molecule has 0 aliphatic carbocycles. The first-order chi connectivity index (χ1) is 9.52. The normalized spacial score (nSPS) is 12.0. The maximum Gasteiger partial charge on any atom is 0.224 e. The zero-order chi connectivity index (χ0) is 14.7. The predicted octanol–water partition coefficient (Wildman–Crippen LogP) is 2.73. The third-order valence-electron chi connectivity index (χ3n) is 2.84. The van der Waals surface area contributed by atoms with Crippen LogP contribution in [0.3, 0.4) is 0 Å². The molecule has 2 rings (SSSR count). The molecule has 0 saturated carbocycles. The van der Waals surface area contributed by atoms with Crippen LogP contribution in [0.1, 0.15) is 17.4 Å². The van der Waals surface area contributed by atoms with Crippen molar-refractivity contribution in [1.82, 2.24) is 9.78 Å². The Morgan fingerprint density at radius 1 is 1.45 bits per heavy atom. The van der Waals surface area contributed by atoms with Crippen molar-refractivity contribution in [2.75, 3.05) is 7.11 Å². The highest BCUT2D eigenvalue weighted by Crippen LogP contribution is 2.22. The number of aryl methyl sites for hydroxylation is 1. The zero-order valence-corrected chi connectivity index (χ0v) is 12.2. The van der Waals surface area contributed by atoms with Crippen LogP contribution < -0.4 is 9.47 Å². The highest BCUT2D eigenvalue weighted by molar-refractivity contribution is 6.30. The van der Waals surface area contributed by atoms with E-state index in [1.165, 1.54) is 18.0 Å². The number of hydrogen-bond acceptors (Lipinski definition) is 4. The van der Waals surface area contributed by atoms with Crippen LogP contribution in [0.4, 0.5) is 0 Å². The van der Waals surface area contributed by atoms with E-state index in [4.69, 9.17) is 21.1 Å². The summed E-state index contributed by atoms with van der Waals surface area (Å²) in [5.74, 6) is 0.764. The van der Waals surface area contributed by atoms with Crippen molar-refractivity contribution < 1.29 is 14.3 Å². The van der Waals surface area contributed by atoms with Crippen molar-refractivity contribution in [2.24, 2.45) is 7.05 Å². The van der Waals surface area contributed by atoms with Crippen molar-refractivity contribution in [3.05, 3.63) is 41.2 Å². The Morgan fingerprint density at radius 3 is 2.85 bits per heavy atom. The minimum atomic E-state index is -0.669. The lowest BCUT2D eigenvalue weighted by Crippen LogP contribution is -2.26. The Kier molecular flexibility index (Phi) is 4.29. The number of rotatable bonds is 5. The summed E-state index contributed by atoms with van der Waals surface area (Å²) in [5, 5.41) is 4.56. The van der Waals surface area contributed by atoms with E-state index in [2.05, 4.69) is 5.10 Å². The van der Waals surface area contributed by atoms with Gasteiger partial charge in [-0.3, -0.25) is 9.48 Å². The highest BCUT2D eigenvalue weighted by atomic mass is 35.5. The lowest BCUT2D eigenvalue weighted by atomic mass is 10.2. The van der Waals surface area contributed by atoms with Crippen LogP contribution in [0.25, 0.3) is 0 Å². The molecule has 1 atom stereocenters. The third-order valence-corrected chi connectivity index (χ3v) is 3.07. The molecule has 1 unspecified atom stereocenters. The molecule has 5 nitrogen and oxygen atoms in total. The first kappa shape index (κ1) is 14.4. The van der Waals surface area contributed by atoms with Gasteiger partial charge in [0.25, 0.3) is 0 Å². The molecule has 0 fully saturated rings. The van der Waals surface area contributed by atoms with E-state index in [1.54, 1.807) is 38.2 Å². The second kappa shape index (κ2) is 5.96. The first-order valence-electron chi connectivity index (χ1n) is 6.05. The number of ketones is 1. The van der Waals surface area contributed by atoms with Crippen molar-refractivity contribution in [2.45, 2.75) is 13.0 Å². The molecule has 20 heavy (non-hydrogen) atoms. The molecule has 106 valence electrons. The molecule has 2 aromatic rings. The maximum atomic E-state index is 12.4. The minimum Gasteiger partial charge on any atom is -0.493 e. The Hall–Kier alpha value is -2.01. The van der Waals surface area contributed by atoms with Gasteiger partial charge in [0.2, 0.25) is 5.78 Å². The number of carbonyl (C=O) groups is 1. The highest BCUT2D eigenvalue weighted by Gasteiger charge is 2.24. The summed E-state index contributed by atoms with van der Waals surface area (Å²) in [6.07, 6.45) is 0.831. The number of aromatic nitrogens is 2. The number of halogens is 1.